The van der Waals surface area contributed by atoms with Gasteiger partial charge in [-0.15, -0.1) is 0 Å². The maximum atomic E-state index is 12.8. The number of unbranched alkanes of at least 4 members (excludes halogenated alkanes) is 3. The highest BCUT2D eigenvalue weighted by atomic mass is 32.2. The molecule has 0 aliphatic carbocycles. The van der Waals surface area contributed by atoms with Gasteiger partial charge in [-0.1, -0.05) is 36.8 Å². The number of carbonyl (C=O) groups excluding carboxylic acids is 3. The van der Waals surface area contributed by atoms with Crippen LogP contribution in [0.4, 0.5) is 0 Å². The molecule has 0 atom stereocenters. The van der Waals surface area contributed by atoms with Crippen LogP contribution in [0.2, 0.25) is 0 Å². The number of thioether (sulfide) groups is 1. The molecular weight excluding hydrogens is 661 g/mol. The Labute approximate surface area is 303 Å². The first-order valence-corrected chi connectivity index (χ1v) is 17.2. The molecule has 51 heavy (non-hydrogen) atoms. The number of esters is 2. The van der Waals surface area contributed by atoms with E-state index < -0.39 is 5.97 Å². The number of ether oxygens (including phenoxy) is 4. The van der Waals surface area contributed by atoms with Crippen molar-refractivity contribution in [2.45, 2.75) is 30.6 Å². The highest BCUT2D eigenvalue weighted by Crippen LogP contribution is 2.25. The monoisotopic (exact) mass is 698 g/mol. The first kappa shape index (κ1) is 37.9. The molecular formula is C43H38O7S. The summed E-state index contributed by atoms with van der Waals surface area (Å²) in [5.41, 5.74) is 4.02. The van der Waals surface area contributed by atoms with Crippen molar-refractivity contribution in [1.82, 2.24) is 0 Å². The predicted octanol–water partition coefficient (Wildman–Crippen LogP) is 8.20. The molecule has 0 unspecified atom stereocenters. The molecule has 0 radical (unpaired) electrons. The lowest BCUT2D eigenvalue weighted by Gasteiger charge is -2.07. The van der Waals surface area contributed by atoms with Crippen molar-refractivity contribution in [2.75, 3.05) is 26.4 Å². The van der Waals surface area contributed by atoms with Crippen LogP contribution in [-0.2, 0) is 19.1 Å². The molecule has 0 bridgehead atoms. The van der Waals surface area contributed by atoms with E-state index in [1.54, 1.807) is 36.4 Å². The molecule has 0 saturated carbocycles. The largest absolute Gasteiger partial charge is 0.494 e. The van der Waals surface area contributed by atoms with Gasteiger partial charge in [0.2, 0.25) is 5.12 Å². The second-order valence-corrected chi connectivity index (χ2v) is 11.9. The third-order valence-corrected chi connectivity index (χ3v) is 8.01. The van der Waals surface area contributed by atoms with Gasteiger partial charge in [-0.2, -0.15) is 0 Å². The average molecular weight is 699 g/mol. The quantitative estimate of drug-likeness (QED) is 0.0381. The molecule has 8 heteroatoms. The Morgan fingerprint density at radius 1 is 0.510 bits per heavy atom. The second-order valence-electron chi connectivity index (χ2n) is 10.9. The highest BCUT2D eigenvalue weighted by molar-refractivity contribution is 8.14. The molecule has 4 aromatic rings. The summed E-state index contributed by atoms with van der Waals surface area (Å²) in [6.45, 7) is 8.12. The van der Waals surface area contributed by atoms with E-state index in [1.165, 1.54) is 6.08 Å². The van der Waals surface area contributed by atoms with Gasteiger partial charge in [-0.25, -0.2) is 9.59 Å². The van der Waals surface area contributed by atoms with Crippen molar-refractivity contribution >= 4 is 28.8 Å². The topological polar surface area (TPSA) is 88.1 Å². The fourth-order valence-corrected chi connectivity index (χ4v) is 5.10. The summed E-state index contributed by atoms with van der Waals surface area (Å²) >= 11 is 1.13. The smallest absolute Gasteiger partial charge is 0.330 e. The van der Waals surface area contributed by atoms with Crippen LogP contribution >= 0.6 is 11.8 Å². The first-order chi connectivity index (χ1) is 24.9. The minimum Gasteiger partial charge on any atom is -0.494 e. The van der Waals surface area contributed by atoms with Gasteiger partial charge in [0.25, 0.3) is 0 Å². The van der Waals surface area contributed by atoms with E-state index in [0.717, 1.165) is 76.4 Å². The van der Waals surface area contributed by atoms with E-state index in [9.17, 15) is 14.4 Å². The molecule has 0 fully saturated rings. The molecule has 0 spiro atoms. The maximum Gasteiger partial charge on any atom is 0.330 e. The van der Waals surface area contributed by atoms with Crippen LogP contribution in [-0.4, -0.2) is 43.5 Å². The van der Waals surface area contributed by atoms with E-state index in [-0.39, 0.29) is 24.3 Å². The van der Waals surface area contributed by atoms with Gasteiger partial charge >= 0.3 is 11.9 Å². The van der Waals surface area contributed by atoms with Gasteiger partial charge in [0.05, 0.1) is 13.2 Å². The molecule has 0 heterocycles. The molecule has 0 saturated heterocycles. The minimum absolute atomic E-state index is 0.0779. The summed E-state index contributed by atoms with van der Waals surface area (Å²) in [4.78, 5) is 35.7. The lowest BCUT2D eigenvalue weighted by atomic mass is 10.1. The number of carbonyl (C=O) groups is 3. The summed E-state index contributed by atoms with van der Waals surface area (Å²) in [5, 5.41) is -0.0779. The Balaban J connectivity index is 1.17. The summed E-state index contributed by atoms with van der Waals surface area (Å²) in [6.07, 6.45) is 6.03. The first-order valence-electron chi connectivity index (χ1n) is 16.4. The zero-order valence-corrected chi connectivity index (χ0v) is 29.0. The molecule has 0 amide bonds. The van der Waals surface area contributed by atoms with Crippen LogP contribution in [0.1, 0.15) is 58.3 Å². The van der Waals surface area contributed by atoms with Gasteiger partial charge in [0.1, 0.15) is 24.7 Å². The van der Waals surface area contributed by atoms with Crippen LogP contribution < -0.4 is 9.47 Å². The number of benzene rings is 4. The van der Waals surface area contributed by atoms with Crippen LogP contribution in [0.15, 0.2) is 127 Å². The molecule has 4 aromatic carbocycles. The zero-order valence-electron chi connectivity index (χ0n) is 28.2. The fraction of sp³-hybridized carbons (Fsp3) is 0.186. The molecule has 7 nitrogen and oxygen atoms in total. The van der Waals surface area contributed by atoms with Gasteiger partial charge in [-0.3, -0.25) is 4.79 Å². The average Bonchev–Trinajstić information content (AvgIpc) is 3.17. The van der Waals surface area contributed by atoms with Gasteiger partial charge < -0.3 is 18.9 Å². The standard InChI is InChI=1S/C43H38O7S/c1-3-41(44)49-30-8-6-5-7-29-47-38-23-19-36(20-24-38)16-14-34-11-9-33(10-12-34)13-15-35-17-21-37(22-18-35)43(46)51-40-27-25-39(26-28-40)48-31-32-50-42(45)4-2/h3-4,9-12,17-28H,1-2,5-8,29-32H2. The van der Waals surface area contributed by atoms with E-state index in [2.05, 4.69) is 36.8 Å². The van der Waals surface area contributed by atoms with Gasteiger partial charge in [0.15, 0.2) is 0 Å². The lowest BCUT2D eigenvalue weighted by molar-refractivity contribution is -0.139. The summed E-state index contributed by atoms with van der Waals surface area (Å²) in [6, 6.07) is 29.8. The molecule has 0 aliphatic heterocycles. The normalized spacial score (nSPS) is 9.96. The van der Waals surface area contributed by atoms with Crippen LogP contribution in [0.3, 0.4) is 0 Å². The molecule has 258 valence electrons. The van der Waals surface area contributed by atoms with Crippen LogP contribution in [0.5, 0.6) is 11.5 Å². The maximum absolute atomic E-state index is 12.8. The number of rotatable bonds is 16. The van der Waals surface area contributed by atoms with Gasteiger partial charge in [-0.05, 0) is 135 Å². The second kappa shape index (κ2) is 21.2. The zero-order chi connectivity index (χ0) is 36.1. The molecule has 0 N–H and O–H groups in total. The Hall–Kier alpha value is -5.96. The SMILES string of the molecule is C=CC(=O)OCCCCCCOc1ccc(C#Cc2ccc(C#Cc3ccc(C(=O)Sc4ccc(OCCOC(=O)C=C)cc4)cc3)cc2)cc1. The van der Waals surface area contributed by atoms with E-state index >= 15 is 0 Å². The number of hydrogen-bond acceptors (Lipinski definition) is 8. The molecule has 0 aliphatic rings. The minimum atomic E-state index is -0.494. The summed E-state index contributed by atoms with van der Waals surface area (Å²) in [7, 11) is 0. The van der Waals surface area contributed by atoms with Gasteiger partial charge in [0, 0.05) is 44.9 Å². The van der Waals surface area contributed by atoms with E-state index in [0.29, 0.717) is 24.5 Å². The van der Waals surface area contributed by atoms with Crippen molar-refractivity contribution in [1.29, 1.82) is 0 Å². The summed E-state index contributed by atoms with van der Waals surface area (Å²) < 4.78 is 21.2. The van der Waals surface area contributed by atoms with E-state index in [1.807, 2.05) is 60.7 Å². The predicted molar refractivity (Wildman–Crippen MR) is 200 cm³/mol. The third-order valence-electron chi connectivity index (χ3n) is 7.08. The van der Waals surface area contributed by atoms with E-state index in [4.69, 9.17) is 18.9 Å². The third kappa shape index (κ3) is 14.2. The van der Waals surface area contributed by atoms with Crippen molar-refractivity contribution in [3.05, 3.63) is 150 Å². The van der Waals surface area contributed by atoms with Crippen molar-refractivity contribution in [3.63, 3.8) is 0 Å². The Bertz CT molecular complexity index is 1890. The Kier molecular flexibility index (Phi) is 15.7. The van der Waals surface area contributed by atoms with Crippen molar-refractivity contribution < 1.29 is 33.3 Å². The highest BCUT2D eigenvalue weighted by Gasteiger charge is 2.09. The molecule has 0 aromatic heterocycles. The fourth-order valence-electron chi connectivity index (χ4n) is 4.36. The lowest BCUT2D eigenvalue weighted by Crippen LogP contribution is -2.10. The number of hydrogen-bond donors (Lipinski definition) is 0. The van der Waals surface area contributed by atoms with Crippen molar-refractivity contribution in [2.24, 2.45) is 0 Å². The van der Waals surface area contributed by atoms with Crippen LogP contribution in [0.25, 0.3) is 0 Å². The Morgan fingerprint density at radius 2 is 0.922 bits per heavy atom. The Morgan fingerprint density at radius 3 is 1.43 bits per heavy atom. The molecule has 4 rings (SSSR count). The van der Waals surface area contributed by atoms with Crippen molar-refractivity contribution in [3.8, 4) is 35.2 Å². The summed E-state index contributed by atoms with van der Waals surface area (Å²) in [5.74, 6) is 13.2. The van der Waals surface area contributed by atoms with Crippen LogP contribution in [0, 0.1) is 23.7 Å².